The number of nitrogens with two attached hydrogens (primary N) is 1. The summed E-state index contributed by atoms with van der Waals surface area (Å²) in [5.41, 5.74) is 5.29. The molecule has 1 saturated heterocycles. The molecular weight excluding hydrogens is 564 g/mol. The van der Waals surface area contributed by atoms with E-state index >= 15 is 0 Å². The number of aliphatic carboxylic acids is 1. The molecule has 3 aromatic heterocycles. The predicted molar refractivity (Wildman–Crippen MR) is 139 cm³/mol. The van der Waals surface area contributed by atoms with E-state index in [-0.39, 0.29) is 30.6 Å². The number of amides is 2. The van der Waals surface area contributed by atoms with Crippen molar-refractivity contribution in [1.29, 1.82) is 0 Å². The van der Waals surface area contributed by atoms with Gasteiger partial charge in [0.25, 0.3) is 17.8 Å². The monoisotopic (exact) mass is 586 g/mol. The van der Waals surface area contributed by atoms with Gasteiger partial charge in [0.15, 0.2) is 24.7 Å². The number of carboxylic acid groups (broad SMARTS) is 1. The highest BCUT2D eigenvalue weighted by Crippen LogP contribution is 2.40. The van der Waals surface area contributed by atoms with E-state index in [2.05, 4.69) is 15.5 Å². The summed E-state index contributed by atoms with van der Waals surface area (Å²) < 4.78 is 12.6. The molecule has 14 nitrogen and oxygen atoms in total. The molecule has 2 aliphatic heterocycles. The van der Waals surface area contributed by atoms with E-state index in [9.17, 15) is 24.3 Å². The number of nitrogen functional groups attached to an aromatic ring is 1. The first kappa shape index (κ1) is 27.1. The fraction of sp³-hybridized carbons (Fsp3) is 0.292. The minimum atomic E-state index is -1.48. The Morgan fingerprint density at radius 3 is 2.92 bits per heavy atom. The SMILES string of the molecule is CCOC(=O)CO/N=C(/C(=O)NC1C(=O)N2C(C(=O)[O-])=C(C[n+]3ccc4ccsc4c3)CS[C@H]12)c1coc(N)n1. The van der Waals surface area contributed by atoms with E-state index < -0.39 is 47.5 Å². The van der Waals surface area contributed by atoms with Crippen LogP contribution in [0.5, 0.6) is 0 Å². The molecule has 40 heavy (non-hydrogen) atoms. The zero-order valence-corrected chi connectivity index (χ0v) is 22.5. The number of nitrogens with zero attached hydrogens (tertiary/aromatic N) is 4. The quantitative estimate of drug-likeness (QED) is 0.0988. The van der Waals surface area contributed by atoms with Gasteiger partial charge in [0, 0.05) is 22.8 Å². The number of aromatic nitrogens is 2. The normalized spacial score (nSPS) is 18.8. The number of ether oxygens (including phenoxy) is 1. The van der Waals surface area contributed by atoms with Gasteiger partial charge in [-0.2, -0.15) is 9.55 Å². The van der Waals surface area contributed by atoms with Crippen LogP contribution in [0.25, 0.3) is 10.1 Å². The average Bonchev–Trinajstić information content (AvgIpc) is 3.57. The maximum atomic E-state index is 13.1. The lowest BCUT2D eigenvalue weighted by Crippen LogP contribution is -2.71. The number of hydrogen-bond acceptors (Lipinski definition) is 13. The summed E-state index contributed by atoms with van der Waals surface area (Å²) in [6.45, 7) is 1.42. The molecule has 2 amide bonds. The van der Waals surface area contributed by atoms with Crippen LogP contribution in [-0.4, -0.2) is 69.7 Å². The highest BCUT2D eigenvalue weighted by atomic mass is 32.2. The van der Waals surface area contributed by atoms with Crippen molar-refractivity contribution in [3.8, 4) is 0 Å². The maximum absolute atomic E-state index is 13.1. The number of hydrogen-bond donors (Lipinski definition) is 2. The van der Waals surface area contributed by atoms with Crippen LogP contribution >= 0.6 is 23.1 Å². The number of oxime groups is 1. The van der Waals surface area contributed by atoms with Crippen molar-refractivity contribution >= 4 is 68.7 Å². The predicted octanol–water partition coefficient (Wildman–Crippen LogP) is -0.853. The minimum absolute atomic E-state index is 0.101. The van der Waals surface area contributed by atoms with Gasteiger partial charge >= 0.3 is 5.97 Å². The Balaban J connectivity index is 1.32. The van der Waals surface area contributed by atoms with Crippen molar-refractivity contribution in [2.24, 2.45) is 5.16 Å². The van der Waals surface area contributed by atoms with Gasteiger partial charge in [-0.1, -0.05) is 5.16 Å². The lowest BCUT2D eigenvalue weighted by molar-refractivity contribution is -0.687. The Bertz CT molecular complexity index is 1560. The molecule has 2 aliphatic rings. The number of rotatable bonds is 10. The Hall–Kier alpha value is -4.44. The molecule has 0 bridgehead atoms. The largest absolute Gasteiger partial charge is 0.543 e. The number of carboxylic acids is 1. The topological polar surface area (TPSA) is 193 Å². The van der Waals surface area contributed by atoms with Crippen molar-refractivity contribution in [1.82, 2.24) is 15.2 Å². The number of pyridine rings is 1. The summed E-state index contributed by atoms with van der Waals surface area (Å²) in [7, 11) is 0. The van der Waals surface area contributed by atoms with Gasteiger partial charge in [0.2, 0.25) is 6.61 Å². The van der Waals surface area contributed by atoms with E-state index in [4.69, 9.17) is 19.7 Å². The number of thioether (sulfide) groups is 1. The number of esters is 1. The smallest absolute Gasteiger partial charge is 0.347 e. The van der Waals surface area contributed by atoms with Crippen LogP contribution in [0.3, 0.4) is 0 Å². The van der Waals surface area contributed by atoms with Crippen molar-refractivity contribution in [2.75, 3.05) is 24.7 Å². The molecule has 1 fully saturated rings. The number of carbonyl (C=O) groups is 4. The second-order valence-corrected chi connectivity index (χ2v) is 10.6. The zero-order chi connectivity index (χ0) is 28.4. The van der Waals surface area contributed by atoms with E-state index in [1.54, 1.807) is 18.3 Å². The highest BCUT2D eigenvalue weighted by Gasteiger charge is 2.53. The third-order valence-electron chi connectivity index (χ3n) is 5.98. The summed E-state index contributed by atoms with van der Waals surface area (Å²) in [4.78, 5) is 59.8. The number of thiophene rings is 1. The first-order valence-corrected chi connectivity index (χ1v) is 13.8. The Morgan fingerprint density at radius 2 is 2.20 bits per heavy atom. The number of fused-ring (bicyclic) bond motifs is 2. The Morgan fingerprint density at radius 1 is 1.38 bits per heavy atom. The van der Waals surface area contributed by atoms with Crippen LogP contribution in [0, 0.1) is 0 Å². The van der Waals surface area contributed by atoms with Gasteiger partial charge in [-0.15, -0.1) is 23.1 Å². The van der Waals surface area contributed by atoms with Crippen molar-refractivity contribution in [3.05, 3.63) is 53.1 Å². The standard InChI is InChI=1S/C24H22N6O8S2/c1-2-36-16(31)10-38-28-17(14-9-37-24(25)26-14)20(32)27-18-21(33)30-19(23(34)35)13(11-40-22(18)30)7-29-5-3-12-4-6-39-15(12)8-29/h3-6,8-9,18,22H,2,7,10-11H2,1H3,(H3-,25,26,27,32,34,35)/b28-17+/t18?,22-/m1/s1. The zero-order valence-electron chi connectivity index (χ0n) is 20.9. The summed E-state index contributed by atoms with van der Waals surface area (Å²) in [6.07, 6.45) is 4.81. The highest BCUT2D eigenvalue weighted by molar-refractivity contribution is 8.00. The molecule has 1 unspecified atom stereocenters. The molecule has 3 N–H and O–H groups in total. The first-order valence-electron chi connectivity index (χ1n) is 11.9. The number of anilines is 1. The van der Waals surface area contributed by atoms with Crippen LogP contribution < -0.4 is 20.7 Å². The van der Waals surface area contributed by atoms with E-state index in [1.807, 2.05) is 34.5 Å². The molecule has 16 heteroatoms. The fourth-order valence-corrected chi connectivity index (χ4v) is 6.38. The van der Waals surface area contributed by atoms with Crippen molar-refractivity contribution < 1.29 is 42.8 Å². The first-order chi connectivity index (χ1) is 19.3. The molecule has 0 aromatic carbocycles. The van der Waals surface area contributed by atoms with Crippen LogP contribution in [0.15, 0.2) is 57.0 Å². The van der Waals surface area contributed by atoms with Crippen LogP contribution in [0.2, 0.25) is 0 Å². The lowest BCUT2D eigenvalue weighted by Gasteiger charge is -2.50. The molecule has 0 saturated carbocycles. The Kier molecular flexibility index (Phi) is 7.70. The lowest BCUT2D eigenvalue weighted by atomic mass is 10.0. The molecule has 3 aromatic rings. The van der Waals surface area contributed by atoms with Crippen LogP contribution in [0.4, 0.5) is 6.01 Å². The van der Waals surface area contributed by atoms with Gasteiger partial charge in [0.1, 0.15) is 23.4 Å². The number of nitrogens with one attached hydrogen (secondary N) is 1. The minimum Gasteiger partial charge on any atom is -0.543 e. The molecule has 0 spiro atoms. The van der Waals surface area contributed by atoms with Gasteiger partial charge in [0.05, 0.1) is 23.0 Å². The van der Waals surface area contributed by atoms with Gasteiger partial charge in [-0.05, 0) is 18.4 Å². The van der Waals surface area contributed by atoms with Crippen molar-refractivity contribution in [2.45, 2.75) is 24.9 Å². The van der Waals surface area contributed by atoms with E-state index in [0.717, 1.165) is 21.2 Å². The molecule has 5 heterocycles. The fourth-order valence-electron chi connectivity index (χ4n) is 4.22. The third-order valence-corrected chi connectivity index (χ3v) is 8.19. The maximum Gasteiger partial charge on any atom is 0.347 e. The Labute approximate surface area is 234 Å². The molecule has 2 atom stereocenters. The molecule has 0 aliphatic carbocycles. The second-order valence-electron chi connectivity index (χ2n) is 8.55. The number of β-lactam (4-membered cyclic amide) rings is 1. The number of carbonyl (C=O) groups excluding carboxylic acids is 4. The van der Waals surface area contributed by atoms with Crippen LogP contribution in [0.1, 0.15) is 12.6 Å². The van der Waals surface area contributed by atoms with Gasteiger partial charge in [-0.3, -0.25) is 14.5 Å². The third kappa shape index (κ3) is 5.35. The van der Waals surface area contributed by atoms with Crippen LogP contribution in [-0.2, 0) is 35.3 Å². The molecule has 0 radical (unpaired) electrons. The summed E-state index contributed by atoms with van der Waals surface area (Å²) in [5, 5.41) is 20.7. The molecule has 208 valence electrons. The summed E-state index contributed by atoms with van der Waals surface area (Å²) in [5.74, 6) is -3.40. The van der Waals surface area contributed by atoms with E-state index in [1.165, 1.54) is 11.8 Å². The second kappa shape index (κ2) is 11.4. The van der Waals surface area contributed by atoms with Gasteiger partial charge in [-0.25, -0.2) is 4.79 Å². The summed E-state index contributed by atoms with van der Waals surface area (Å²) >= 11 is 2.87. The summed E-state index contributed by atoms with van der Waals surface area (Å²) in [6, 6.07) is 2.61. The molecular formula is C24H22N6O8S2. The van der Waals surface area contributed by atoms with E-state index in [0.29, 0.717) is 11.3 Å². The number of oxazole rings is 1. The average molecular weight is 587 g/mol. The van der Waals surface area contributed by atoms with Gasteiger partial charge < -0.3 is 34.9 Å². The van der Waals surface area contributed by atoms with Crippen molar-refractivity contribution in [3.63, 3.8) is 0 Å². The molecule has 5 rings (SSSR count).